The van der Waals surface area contributed by atoms with Crippen LogP contribution in [0.2, 0.25) is 0 Å². The van der Waals surface area contributed by atoms with Crippen LogP contribution in [0.5, 0.6) is 5.75 Å². The molecular formula is C19H29NO2. The summed E-state index contributed by atoms with van der Waals surface area (Å²) in [5.41, 5.74) is 0.997. The molecule has 0 spiro atoms. The number of carbonyl (C=O) groups is 1. The first-order valence-electron chi connectivity index (χ1n) is 8.71. The third-order valence-electron chi connectivity index (χ3n) is 4.61. The number of amides is 1. The summed E-state index contributed by atoms with van der Waals surface area (Å²) in [5.74, 6) is 1.37. The van der Waals surface area contributed by atoms with Crippen LogP contribution in [0, 0.1) is 5.92 Å². The molecule has 0 bridgehead atoms. The van der Waals surface area contributed by atoms with E-state index in [2.05, 4.69) is 6.92 Å². The zero-order valence-electron chi connectivity index (χ0n) is 14.0. The normalized spacial score (nSPS) is 18.0. The fourth-order valence-corrected chi connectivity index (χ4v) is 3.20. The van der Waals surface area contributed by atoms with E-state index in [-0.39, 0.29) is 5.92 Å². The average Bonchev–Trinajstić information content (AvgIpc) is 2.92. The number of carbonyl (C=O) groups excluding carboxylic acids is 1. The molecule has 1 saturated heterocycles. The SMILES string of the molecule is CCCCCCCC[C@H]1CCN(c2ccc(OC)cc2)C1=O. The van der Waals surface area contributed by atoms with Gasteiger partial charge >= 0.3 is 0 Å². The van der Waals surface area contributed by atoms with Gasteiger partial charge in [0, 0.05) is 18.2 Å². The highest BCUT2D eigenvalue weighted by molar-refractivity contribution is 5.97. The molecule has 122 valence electrons. The molecule has 2 rings (SSSR count). The van der Waals surface area contributed by atoms with E-state index in [1.54, 1.807) is 7.11 Å². The lowest BCUT2D eigenvalue weighted by Gasteiger charge is -2.17. The predicted molar refractivity (Wildman–Crippen MR) is 91.4 cm³/mol. The maximum atomic E-state index is 12.5. The largest absolute Gasteiger partial charge is 0.497 e. The first kappa shape index (κ1) is 16.9. The fourth-order valence-electron chi connectivity index (χ4n) is 3.20. The van der Waals surface area contributed by atoms with Crippen LogP contribution in [-0.2, 0) is 4.79 Å². The summed E-state index contributed by atoms with van der Waals surface area (Å²) in [5, 5.41) is 0. The topological polar surface area (TPSA) is 29.5 Å². The minimum Gasteiger partial charge on any atom is -0.497 e. The van der Waals surface area contributed by atoms with Gasteiger partial charge in [0.1, 0.15) is 5.75 Å². The number of nitrogens with zero attached hydrogens (tertiary/aromatic N) is 1. The molecule has 1 atom stereocenters. The number of hydrogen-bond acceptors (Lipinski definition) is 2. The summed E-state index contributed by atoms with van der Waals surface area (Å²) in [4.78, 5) is 14.5. The lowest BCUT2D eigenvalue weighted by Crippen LogP contribution is -2.26. The van der Waals surface area contributed by atoms with Crippen LogP contribution < -0.4 is 9.64 Å². The van der Waals surface area contributed by atoms with Gasteiger partial charge in [0.25, 0.3) is 0 Å². The van der Waals surface area contributed by atoms with E-state index in [0.717, 1.165) is 30.8 Å². The van der Waals surface area contributed by atoms with Crippen molar-refractivity contribution in [1.82, 2.24) is 0 Å². The monoisotopic (exact) mass is 303 g/mol. The molecule has 1 aromatic rings. The molecule has 22 heavy (non-hydrogen) atoms. The highest BCUT2D eigenvalue weighted by Crippen LogP contribution is 2.29. The first-order chi connectivity index (χ1) is 10.8. The Labute approximate surface area is 134 Å². The van der Waals surface area contributed by atoms with Crippen LogP contribution in [0.4, 0.5) is 5.69 Å². The number of benzene rings is 1. The molecule has 1 aromatic carbocycles. The molecule has 1 aliphatic rings. The van der Waals surface area contributed by atoms with Gasteiger partial charge in [0.15, 0.2) is 0 Å². The molecule has 0 aliphatic carbocycles. The summed E-state index contributed by atoms with van der Waals surface area (Å²) in [6, 6.07) is 7.79. The predicted octanol–water partition coefficient (Wildman–Crippen LogP) is 4.80. The van der Waals surface area contributed by atoms with E-state index in [4.69, 9.17) is 4.74 Å². The third kappa shape index (κ3) is 4.49. The van der Waals surface area contributed by atoms with Crippen LogP contribution in [0.3, 0.4) is 0 Å². The number of unbranched alkanes of at least 4 members (excludes halogenated alkanes) is 5. The molecule has 3 heteroatoms. The average molecular weight is 303 g/mol. The van der Waals surface area contributed by atoms with Gasteiger partial charge in [-0.3, -0.25) is 4.79 Å². The van der Waals surface area contributed by atoms with Crippen LogP contribution >= 0.6 is 0 Å². The number of methoxy groups -OCH3 is 1. The highest BCUT2D eigenvalue weighted by atomic mass is 16.5. The van der Waals surface area contributed by atoms with E-state index < -0.39 is 0 Å². The lowest BCUT2D eigenvalue weighted by molar-refractivity contribution is -0.120. The van der Waals surface area contributed by atoms with Crippen molar-refractivity contribution >= 4 is 11.6 Å². The Balaban J connectivity index is 1.76. The van der Waals surface area contributed by atoms with Crippen molar-refractivity contribution in [2.24, 2.45) is 5.92 Å². The minimum atomic E-state index is 0.230. The molecule has 1 aliphatic heterocycles. The number of rotatable bonds is 9. The Morgan fingerprint density at radius 3 is 2.45 bits per heavy atom. The Hall–Kier alpha value is -1.51. The Morgan fingerprint density at radius 1 is 1.09 bits per heavy atom. The van der Waals surface area contributed by atoms with Gasteiger partial charge in [0.05, 0.1) is 7.11 Å². The molecule has 1 fully saturated rings. The molecule has 0 aromatic heterocycles. The maximum absolute atomic E-state index is 12.5. The maximum Gasteiger partial charge on any atom is 0.230 e. The molecule has 0 radical (unpaired) electrons. The molecule has 0 unspecified atom stereocenters. The second-order valence-electron chi connectivity index (χ2n) is 6.23. The van der Waals surface area contributed by atoms with Crippen molar-refractivity contribution in [2.75, 3.05) is 18.6 Å². The summed E-state index contributed by atoms with van der Waals surface area (Å²) in [6.45, 7) is 3.09. The number of ether oxygens (including phenoxy) is 1. The summed E-state index contributed by atoms with van der Waals surface area (Å²) >= 11 is 0. The summed E-state index contributed by atoms with van der Waals surface area (Å²) in [7, 11) is 1.66. The zero-order chi connectivity index (χ0) is 15.8. The second kappa shape index (κ2) is 8.82. The minimum absolute atomic E-state index is 0.230. The molecular weight excluding hydrogens is 274 g/mol. The van der Waals surface area contributed by atoms with E-state index >= 15 is 0 Å². The molecule has 3 nitrogen and oxygen atoms in total. The van der Waals surface area contributed by atoms with E-state index in [0.29, 0.717) is 5.91 Å². The zero-order valence-corrected chi connectivity index (χ0v) is 14.0. The van der Waals surface area contributed by atoms with Gasteiger partial charge in [-0.15, -0.1) is 0 Å². The lowest BCUT2D eigenvalue weighted by atomic mass is 9.99. The smallest absolute Gasteiger partial charge is 0.230 e. The summed E-state index contributed by atoms with van der Waals surface area (Å²) < 4.78 is 5.17. The van der Waals surface area contributed by atoms with Crippen LogP contribution in [0.25, 0.3) is 0 Å². The van der Waals surface area contributed by atoms with Crippen LogP contribution in [0.15, 0.2) is 24.3 Å². The van der Waals surface area contributed by atoms with Gasteiger partial charge in [-0.05, 0) is 37.1 Å². The Morgan fingerprint density at radius 2 is 1.77 bits per heavy atom. The number of anilines is 1. The quantitative estimate of drug-likeness (QED) is 0.613. The highest BCUT2D eigenvalue weighted by Gasteiger charge is 2.31. The first-order valence-corrected chi connectivity index (χ1v) is 8.71. The Kier molecular flexibility index (Phi) is 6.75. The van der Waals surface area contributed by atoms with E-state index in [1.165, 1.54) is 38.5 Å². The van der Waals surface area contributed by atoms with Crippen molar-refractivity contribution in [2.45, 2.75) is 58.3 Å². The number of hydrogen-bond donors (Lipinski definition) is 0. The molecule has 0 N–H and O–H groups in total. The van der Waals surface area contributed by atoms with Crippen molar-refractivity contribution < 1.29 is 9.53 Å². The molecule has 1 amide bonds. The Bertz CT molecular complexity index is 455. The standard InChI is InChI=1S/C19H29NO2/c1-3-4-5-6-7-8-9-16-14-15-20(19(16)21)17-10-12-18(22-2)13-11-17/h10-13,16H,3-9,14-15H2,1-2H3/t16-/m0/s1. The molecule has 1 heterocycles. The second-order valence-corrected chi connectivity index (χ2v) is 6.23. The van der Waals surface area contributed by atoms with Gasteiger partial charge in [0.2, 0.25) is 5.91 Å². The third-order valence-corrected chi connectivity index (χ3v) is 4.61. The van der Waals surface area contributed by atoms with Gasteiger partial charge < -0.3 is 9.64 Å². The van der Waals surface area contributed by atoms with Crippen molar-refractivity contribution in [3.05, 3.63) is 24.3 Å². The van der Waals surface area contributed by atoms with Gasteiger partial charge in [-0.25, -0.2) is 0 Å². The van der Waals surface area contributed by atoms with Crippen molar-refractivity contribution in [1.29, 1.82) is 0 Å². The van der Waals surface area contributed by atoms with Crippen LogP contribution in [0.1, 0.15) is 58.3 Å². The van der Waals surface area contributed by atoms with Crippen LogP contribution in [-0.4, -0.2) is 19.6 Å². The van der Waals surface area contributed by atoms with E-state index in [9.17, 15) is 4.79 Å². The van der Waals surface area contributed by atoms with Crippen molar-refractivity contribution in [3.63, 3.8) is 0 Å². The fraction of sp³-hybridized carbons (Fsp3) is 0.632. The summed E-state index contributed by atoms with van der Waals surface area (Å²) in [6.07, 6.45) is 9.80. The van der Waals surface area contributed by atoms with E-state index in [1.807, 2.05) is 29.2 Å². The van der Waals surface area contributed by atoms with Crippen molar-refractivity contribution in [3.8, 4) is 5.75 Å². The molecule has 0 saturated carbocycles. The van der Waals surface area contributed by atoms with Gasteiger partial charge in [-0.1, -0.05) is 45.4 Å². The van der Waals surface area contributed by atoms with Gasteiger partial charge in [-0.2, -0.15) is 0 Å².